The number of thioether (sulfide) groups is 1. The van der Waals surface area contributed by atoms with Crippen molar-refractivity contribution in [3.8, 4) is 11.1 Å². The average molecular weight is 424 g/mol. The Morgan fingerprint density at radius 3 is 2.36 bits per heavy atom. The van der Waals surface area contributed by atoms with Crippen molar-refractivity contribution in [3.05, 3.63) is 81.8 Å². The second-order valence-electron chi connectivity index (χ2n) is 5.49. The monoisotopic (exact) mass is 423 g/mol. The summed E-state index contributed by atoms with van der Waals surface area (Å²) in [6.45, 7) is 1.97. The fourth-order valence-corrected chi connectivity index (χ4v) is 3.95. The number of pyridine rings is 1. The third-order valence-corrected chi connectivity index (χ3v) is 5.29. The number of rotatable bonds is 4. The van der Waals surface area contributed by atoms with Gasteiger partial charge in [0.25, 0.3) is 0 Å². The van der Waals surface area contributed by atoms with E-state index < -0.39 is 17.5 Å². The number of hydrogen-bond acceptors (Lipinski definition) is 2. The van der Waals surface area contributed by atoms with Gasteiger partial charge in [0, 0.05) is 28.0 Å². The molecule has 0 aliphatic carbocycles. The molecule has 0 saturated carbocycles. The molecule has 0 radical (unpaired) electrons. The van der Waals surface area contributed by atoms with E-state index >= 15 is 0 Å². The van der Waals surface area contributed by atoms with Crippen molar-refractivity contribution in [1.82, 2.24) is 4.98 Å². The summed E-state index contributed by atoms with van der Waals surface area (Å²) in [7, 11) is 0. The lowest BCUT2D eigenvalue weighted by molar-refractivity contribution is 0.602. The summed E-state index contributed by atoms with van der Waals surface area (Å²) in [5.74, 6) is -1.06. The van der Waals surface area contributed by atoms with Crippen LogP contribution >= 0.6 is 27.7 Å². The number of halogens is 4. The molecule has 0 N–H and O–H groups in total. The van der Waals surface area contributed by atoms with E-state index in [1.54, 1.807) is 12.3 Å². The van der Waals surface area contributed by atoms with Gasteiger partial charge in [-0.05, 0) is 76.4 Å². The van der Waals surface area contributed by atoms with E-state index in [4.69, 9.17) is 0 Å². The van der Waals surface area contributed by atoms with E-state index in [0.717, 1.165) is 33.9 Å². The highest BCUT2D eigenvalue weighted by atomic mass is 79.9. The van der Waals surface area contributed by atoms with Crippen LogP contribution in [0.25, 0.3) is 11.1 Å². The highest BCUT2D eigenvalue weighted by Gasteiger charge is 2.13. The van der Waals surface area contributed by atoms with Gasteiger partial charge >= 0.3 is 0 Å². The van der Waals surface area contributed by atoms with Crippen LogP contribution in [0.2, 0.25) is 0 Å². The molecular weight excluding hydrogens is 411 g/mol. The smallest absolute Gasteiger partial charge is 0.131 e. The van der Waals surface area contributed by atoms with Crippen LogP contribution in [0.1, 0.15) is 11.1 Å². The number of aryl methyl sites for hydroxylation is 1. The van der Waals surface area contributed by atoms with E-state index in [-0.39, 0.29) is 5.56 Å². The lowest BCUT2D eigenvalue weighted by Gasteiger charge is -2.12. The molecule has 0 amide bonds. The van der Waals surface area contributed by atoms with Crippen LogP contribution in [0.3, 0.4) is 0 Å². The summed E-state index contributed by atoms with van der Waals surface area (Å²) in [5, 5.41) is 0. The molecule has 1 heterocycles. The molecule has 25 heavy (non-hydrogen) atoms. The summed E-state index contributed by atoms with van der Waals surface area (Å²) in [6, 6.07) is 9.22. The molecule has 0 bridgehead atoms. The predicted molar refractivity (Wildman–Crippen MR) is 98.0 cm³/mol. The fourth-order valence-electron chi connectivity index (χ4n) is 2.40. The first-order chi connectivity index (χ1) is 11.9. The molecule has 6 heteroatoms. The average Bonchev–Trinajstić information content (AvgIpc) is 2.57. The SMILES string of the molecule is Cc1cc(Br)ncc1CSc1ccc(F)cc1-c1cc(F)ccc1F. The van der Waals surface area contributed by atoms with Gasteiger partial charge in [-0.25, -0.2) is 18.2 Å². The minimum absolute atomic E-state index is 0.0488. The van der Waals surface area contributed by atoms with Gasteiger partial charge in [0.05, 0.1) is 0 Å². The Morgan fingerprint density at radius 1 is 0.960 bits per heavy atom. The van der Waals surface area contributed by atoms with Gasteiger partial charge in [-0.1, -0.05) is 0 Å². The predicted octanol–water partition coefficient (Wildman–Crippen LogP) is 6.53. The van der Waals surface area contributed by atoms with Gasteiger partial charge in [0.15, 0.2) is 0 Å². The summed E-state index contributed by atoms with van der Waals surface area (Å²) in [4.78, 5) is 4.88. The molecule has 2 aromatic carbocycles. The van der Waals surface area contributed by atoms with Crippen molar-refractivity contribution in [3.63, 3.8) is 0 Å². The van der Waals surface area contributed by atoms with Crippen LogP contribution in [0.5, 0.6) is 0 Å². The molecule has 1 nitrogen and oxygen atoms in total. The van der Waals surface area contributed by atoms with E-state index in [1.807, 2.05) is 13.0 Å². The molecule has 0 spiro atoms. The quantitative estimate of drug-likeness (QED) is 0.349. The zero-order chi connectivity index (χ0) is 18.0. The topological polar surface area (TPSA) is 12.9 Å². The Labute approximate surface area is 156 Å². The van der Waals surface area contributed by atoms with E-state index in [0.29, 0.717) is 16.2 Å². The molecule has 0 fully saturated rings. The van der Waals surface area contributed by atoms with Crippen LogP contribution in [0, 0.1) is 24.4 Å². The second kappa shape index (κ2) is 7.62. The van der Waals surface area contributed by atoms with Crippen molar-refractivity contribution in [2.75, 3.05) is 0 Å². The zero-order valence-electron chi connectivity index (χ0n) is 13.2. The molecule has 1 aromatic heterocycles. The highest BCUT2D eigenvalue weighted by molar-refractivity contribution is 9.10. The number of benzene rings is 2. The lowest BCUT2D eigenvalue weighted by atomic mass is 10.0. The van der Waals surface area contributed by atoms with Crippen molar-refractivity contribution < 1.29 is 13.2 Å². The van der Waals surface area contributed by atoms with E-state index in [1.165, 1.54) is 23.9 Å². The Balaban J connectivity index is 1.95. The van der Waals surface area contributed by atoms with Crippen LogP contribution in [0.15, 0.2) is 58.2 Å². The van der Waals surface area contributed by atoms with Gasteiger partial charge < -0.3 is 0 Å². The maximum absolute atomic E-state index is 14.1. The summed E-state index contributed by atoms with van der Waals surface area (Å²) >= 11 is 4.75. The number of nitrogens with zero attached hydrogens (tertiary/aromatic N) is 1. The zero-order valence-corrected chi connectivity index (χ0v) is 15.6. The first kappa shape index (κ1) is 18.0. The standard InChI is InChI=1S/C19H13BrF3NS/c1-11-6-19(20)24-9-12(11)10-25-18-5-3-14(22)8-16(18)15-7-13(21)2-4-17(15)23/h2-9H,10H2,1H3. The Hall–Kier alpha value is -1.79. The maximum atomic E-state index is 14.1. The summed E-state index contributed by atoms with van der Waals surface area (Å²) < 4.78 is 42.1. The molecule has 0 aliphatic heterocycles. The van der Waals surface area contributed by atoms with Crippen molar-refractivity contribution in [2.45, 2.75) is 17.6 Å². The summed E-state index contributed by atoms with van der Waals surface area (Å²) in [6.07, 6.45) is 1.76. The molecule has 3 aromatic rings. The number of aromatic nitrogens is 1. The lowest BCUT2D eigenvalue weighted by Crippen LogP contribution is -1.93. The Kier molecular flexibility index (Phi) is 5.49. The molecule has 3 rings (SSSR count). The third kappa shape index (κ3) is 4.25. The number of hydrogen-bond donors (Lipinski definition) is 0. The highest BCUT2D eigenvalue weighted by Crippen LogP contribution is 2.36. The van der Waals surface area contributed by atoms with Crippen LogP contribution in [-0.4, -0.2) is 4.98 Å². The molecule has 0 aliphatic rings. The van der Waals surface area contributed by atoms with Gasteiger partial charge in [-0.2, -0.15) is 0 Å². The Morgan fingerprint density at radius 2 is 1.64 bits per heavy atom. The van der Waals surface area contributed by atoms with Gasteiger partial charge in [0.1, 0.15) is 22.1 Å². The second-order valence-corrected chi connectivity index (χ2v) is 7.32. The van der Waals surface area contributed by atoms with Crippen LogP contribution in [-0.2, 0) is 5.75 Å². The maximum Gasteiger partial charge on any atom is 0.131 e. The van der Waals surface area contributed by atoms with E-state index in [2.05, 4.69) is 20.9 Å². The normalized spacial score (nSPS) is 10.9. The molecule has 128 valence electrons. The fraction of sp³-hybridized carbons (Fsp3) is 0.105. The van der Waals surface area contributed by atoms with Crippen LogP contribution in [0.4, 0.5) is 13.2 Å². The van der Waals surface area contributed by atoms with Crippen LogP contribution < -0.4 is 0 Å². The van der Waals surface area contributed by atoms with Crippen molar-refractivity contribution in [1.29, 1.82) is 0 Å². The first-order valence-corrected chi connectivity index (χ1v) is 9.20. The third-order valence-electron chi connectivity index (χ3n) is 3.73. The Bertz CT molecular complexity index is 931. The van der Waals surface area contributed by atoms with Gasteiger partial charge in [0.2, 0.25) is 0 Å². The molecule has 0 saturated heterocycles. The van der Waals surface area contributed by atoms with Crippen molar-refractivity contribution in [2.24, 2.45) is 0 Å². The van der Waals surface area contributed by atoms with Gasteiger partial charge in [-0.15, -0.1) is 11.8 Å². The summed E-state index contributed by atoms with van der Waals surface area (Å²) in [5.41, 5.74) is 2.47. The minimum Gasteiger partial charge on any atom is -0.249 e. The molecular formula is C19H13BrF3NS. The van der Waals surface area contributed by atoms with Gasteiger partial charge in [-0.3, -0.25) is 0 Å². The first-order valence-electron chi connectivity index (χ1n) is 7.43. The molecule has 0 atom stereocenters. The minimum atomic E-state index is -0.588. The largest absolute Gasteiger partial charge is 0.249 e. The van der Waals surface area contributed by atoms with Crippen molar-refractivity contribution >= 4 is 27.7 Å². The van der Waals surface area contributed by atoms with E-state index in [9.17, 15) is 13.2 Å². The molecule has 0 unspecified atom stereocenters.